The maximum atomic E-state index is 14.9. The number of carbonyl (C=O) groups excluding carboxylic acids is 1. The number of nitrogens with zero attached hydrogens (tertiary/aromatic N) is 1. The lowest BCUT2D eigenvalue weighted by molar-refractivity contribution is -0.116. The van der Waals surface area contributed by atoms with Crippen molar-refractivity contribution in [3.05, 3.63) is 86.4 Å². The monoisotopic (exact) mass is 468 g/mol. The molecule has 7 heteroatoms. The second-order valence-electron chi connectivity index (χ2n) is 7.75. The topological polar surface area (TPSA) is 75.4 Å². The number of aromatic nitrogens is 1. The predicted octanol–water partition coefficient (Wildman–Crippen LogP) is 5.55. The Labute approximate surface area is 180 Å². The molecule has 1 aromatic heterocycles. The molecule has 2 aromatic carbocycles. The summed E-state index contributed by atoms with van der Waals surface area (Å²) < 4.78 is 21.1. The number of nitrogens with one attached hydrogen (secondary N) is 1. The summed E-state index contributed by atoms with van der Waals surface area (Å²) in [5, 5.41) is 16.9. The van der Waals surface area contributed by atoms with E-state index < -0.39 is 5.92 Å². The molecule has 0 amide bonds. The van der Waals surface area contributed by atoms with Gasteiger partial charge in [0, 0.05) is 33.6 Å². The van der Waals surface area contributed by atoms with Crippen LogP contribution in [0, 0.1) is 12.7 Å². The number of aryl methyl sites for hydroxylation is 1. The zero-order valence-electron chi connectivity index (χ0n) is 16.1. The largest absolute Gasteiger partial charge is 0.508 e. The van der Waals surface area contributed by atoms with Crippen molar-refractivity contribution in [2.24, 2.45) is 0 Å². The number of rotatable bonds is 2. The van der Waals surface area contributed by atoms with Crippen molar-refractivity contribution in [3.63, 3.8) is 0 Å². The van der Waals surface area contributed by atoms with Gasteiger partial charge >= 0.3 is 0 Å². The molecule has 3 aromatic rings. The molecule has 2 aliphatic rings. The summed E-state index contributed by atoms with van der Waals surface area (Å²) in [4.78, 5) is 13.4. The van der Waals surface area contributed by atoms with Crippen LogP contribution in [0.3, 0.4) is 0 Å². The molecule has 0 radical (unpaired) electrons. The molecule has 1 aliphatic heterocycles. The molecule has 2 N–H and O–H groups in total. The minimum atomic E-state index is -0.576. The fraction of sp³-hybridized carbons (Fsp3) is 0.217. The third kappa shape index (κ3) is 3.04. The predicted molar refractivity (Wildman–Crippen MR) is 113 cm³/mol. The van der Waals surface area contributed by atoms with Crippen molar-refractivity contribution in [2.75, 3.05) is 5.32 Å². The summed E-state index contributed by atoms with van der Waals surface area (Å²) in [7, 11) is 0. The molecule has 2 unspecified atom stereocenters. The van der Waals surface area contributed by atoms with Crippen molar-refractivity contribution in [1.29, 1.82) is 0 Å². The van der Waals surface area contributed by atoms with Crippen LogP contribution < -0.4 is 5.32 Å². The van der Waals surface area contributed by atoms with Crippen LogP contribution in [-0.4, -0.2) is 16.0 Å². The number of hydrogen-bond acceptors (Lipinski definition) is 5. The van der Waals surface area contributed by atoms with Crippen molar-refractivity contribution >= 4 is 27.6 Å². The van der Waals surface area contributed by atoms with Gasteiger partial charge in [0.1, 0.15) is 11.6 Å². The zero-order valence-corrected chi connectivity index (χ0v) is 17.7. The Balaban J connectivity index is 1.64. The average Bonchev–Trinajstić information content (AvgIpc) is 3.09. The number of hydrogen-bond donors (Lipinski definition) is 2. The Morgan fingerprint density at radius 2 is 1.97 bits per heavy atom. The lowest BCUT2D eigenvalue weighted by atomic mass is 9.72. The van der Waals surface area contributed by atoms with Gasteiger partial charge in [-0.15, -0.1) is 0 Å². The first-order valence-corrected chi connectivity index (χ1v) is 10.4. The lowest BCUT2D eigenvalue weighted by Crippen LogP contribution is -2.30. The second kappa shape index (κ2) is 7.09. The molecular weight excluding hydrogens is 451 g/mol. The molecular formula is C23H18BrFN2O3. The van der Waals surface area contributed by atoms with Gasteiger partial charge in [0.05, 0.1) is 11.3 Å². The first-order valence-electron chi connectivity index (χ1n) is 9.65. The molecule has 0 saturated heterocycles. The summed E-state index contributed by atoms with van der Waals surface area (Å²) in [6.07, 6.45) is 0.897. The van der Waals surface area contributed by atoms with E-state index in [1.165, 1.54) is 6.07 Å². The number of ketones is 1. The Kier molecular flexibility index (Phi) is 4.50. The standard InChI is InChI=1S/C23H18BrFN2O3/c1-11-20-21(16-10-14(24)4-7-17(16)25)22-18(26-23(20)30-27-11)8-13(9-19(22)29)12-2-5-15(28)6-3-12/h2-7,10,13,21,26,28H,8-9H2,1H3. The number of aromatic hydroxyl groups is 1. The summed E-state index contributed by atoms with van der Waals surface area (Å²) >= 11 is 3.42. The summed E-state index contributed by atoms with van der Waals surface area (Å²) in [5.74, 6) is -0.385. The van der Waals surface area contributed by atoms with Crippen molar-refractivity contribution in [3.8, 4) is 5.75 Å². The highest BCUT2D eigenvalue weighted by atomic mass is 79.9. The third-order valence-electron chi connectivity index (χ3n) is 5.89. The maximum Gasteiger partial charge on any atom is 0.233 e. The minimum absolute atomic E-state index is 0.0301. The van der Waals surface area contributed by atoms with Crippen molar-refractivity contribution in [2.45, 2.75) is 31.6 Å². The number of carbonyl (C=O) groups is 1. The highest BCUT2D eigenvalue weighted by Crippen LogP contribution is 2.49. The van der Waals surface area contributed by atoms with Gasteiger partial charge in [-0.2, -0.15) is 0 Å². The van der Waals surface area contributed by atoms with Gasteiger partial charge in [-0.25, -0.2) is 4.39 Å². The van der Waals surface area contributed by atoms with E-state index in [0.717, 1.165) is 15.7 Å². The van der Waals surface area contributed by atoms with E-state index in [4.69, 9.17) is 4.52 Å². The van der Waals surface area contributed by atoms with Gasteiger partial charge < -0.3 is 14.9 Å². The fourth-order valence-electron chi connectivity index (χ4n) is 4.50. The van der Waals surface area contributed by atoms with E-state index in [2.05, 4.69) is 26.4 Å². The van der Waals surface area contributed by atoms with E-state index in [1.54, 1.807) is 31.2 Å². The van der Waals surface area contributed by atoms with E-state index in [-0.39, 0.29) is 23.3 Å². The van der Waals surface area contributed by atoms with Gasteiger partial charge in [-0.3, -0.25) is 4.79 Å². The molecule has 152 valence electrons. The molecule has 30 heavy (non-hydrogen) atoms. The Hall–Kier alpha value is -2.93. The maximum absolute atomic E-state index is 14.9. The Morgan fingerprint density at radius 3 is 2.73 bits per heavy atom. The summed E-state index contributed by atoms with van der Waals surface area (Å²) in [6.45, 7) is 1.80. The molecule has 0 spiro atoms. The molecule has 0 bridgehead atoms. The van der Waals surface area contributed by atoms with Crippen LogP contribution in [0.5, 0.6) is 5.75 Å². The number of phenolic OH excluding ortho intramolecular Hbond substituents is 1. The fourth-order valence-corrected chi connectivity index (χ4v) is 4.88. The molecule has 5 nitrogen and oxygen atoms in total. The highest BCUT2D eigenvalue weighted by Gasteiger charge is 2.42. The molecule has 0 saturated carbocycles. The highest BCUT2D eigenvalue weighted by molar-refractivity contribution is 9.10. The van der Waals surface area contributed by atoms with Gasteiger partial charge in [0.2, 0.25) is 5.88 Å². The van der Waals surface area contributed by atoms with Crippen LogP contribution in [-0.2, 0) is 4.79 Å². The van der Waals surface area contributed by atoms with Crippen molar-refractivity contribution < 1.29 is 18.8 Å². The number of fused-ring (bicyclic) bond motifs is 1. The molecule has 2 heterocycles. The van der Waals surface area contributed by atoms with Crippen LogP contribution in [0.25, 0.3) is 0 Å². The average molecular weight is 469 g/mol. The van der Waals surface area contributed by atoms with Crippen LogP contribution in [0.4, 0.5) is 10.3 Å². The lowest BCUT2D eigenvalue weighted by Gasteiger charge is -2.34. The first-order chi connectivity index (χ1) is 14.4. The summed E-state index contributed by atoms with van der Waals surface area (Å²) in [5.41, 5.74) is 4.02. The van der Waals surface area contributed by atoms with Crippen LogP contribution >= 0.6 is 15.9 Å². The van der Waals surface area contributed by atoms with E-state index in [0.29, 0.717) is 41.1 Å². The van der Waals surface area contributed by atoms with Gasteiger partial charge in [0.15, 0.2) is 5.78 Å². The number of Topliss-reactive ketones (excluding diaryl/α,β-unsaturated/α-hetero) is 1. The normalized spacial score (nSPS) is 20.6. The first kappa shape index (κ1) is 19.1. The van der Waals surface area contributed by atoms with E-state index >= 15 is 0 Å². The van der Waals surface area contributed by atoms with Crippen LogP contribution in [0.1, 0.15) is 47.1 Å². The van der Waals surface area contributed by atoms with Crippen LogP contribution in [0.15, 0.2) is 62.7 Å². The number of phenols is 1. The molecule has 5 rings (SSSR count). The molecule has 2 atom stereocenters. The summed E-state index contributed by atoms with van der Waals surface area (Å²) in [6, 6.07) is 11.7. The molecule has 0 fully saturated rings. The Bertz CT molecular complexity index is 1200. The quantitative estimate of drug-likeness (QED) is 0.515. The van der Waals surface area contributed by atoms with Crippen molar-refractivity contribution in [1.82, 2.24) is 5.16 Å². The minimum Gasteiger partial charge on any atom is -0.508 e. The number of allylic oxidation sites excluding steroid dienone is 2. The van der Waals surface area contributed by atoms with Crippen LogP contribution in [0.2, 0.25) is 0 Å². The second-order valence-corrected chi connectivity index (χ2v) is 8.66. The van der Waals surface area contributed by atoms with E-state index in [9.17, 15) is 14.3 Å². The van der Waals surface area contributed by atoms with Gasteiger partial charge in [-0.1, -0.05) is 33.2 Å². The number of benzene rings is 2. The Morgan fingerprint density at radius 1 is 1.20 bits per heavy atom. The SMILES string of the molecule is Cc1noc2c1C(c1cc(Br)ccc1F)C1=C(CC(c3ccc(O)cc3)CC1=O)N2. The number of halogens is 2. The van der Waals surface area contributed by atoms with Gasteiger partial charge in [-0.05, 0) is 55.2 Å². The smallest absolute Gasteiger partial charge is 0.233 e. The van der Waals surface area contributed by atoms with Gasteiger partial charge in [0.25, 0.3) is 0 Å². The zero-order chi connectivity index (χ0) is 21.0. The molecule has 1 aliphatic carbocycles. The third-order valence-corrected chi connectivity index (χ3v) is 6.38. The van der Waals surface area contributed by atoms with E-state index in [1.807, 2.05) is 12.1 Å². The number of anilines is 1.